The third-order valence-electron chi connectivity index (χ3n) is 3.91. The van der Waals surface area contributed by atoms with Gasteiger partial charge in [0.2, 0.25) is 5.88 Å². The minimum Gasteiger partial charge on any atom is -0.497 e. The van der Waals surface area contributed by atoms with Gasteiger partial charge in [0.25, 0.3) is 5.91 Å². The molecule has 0 saturated carbocycles. The summed E-state index contributed by atoms with van der Waals surface area (Å²) in [5.41, 5.74) is -1.01. The number of halogens is 3. The molecule has 1 fully saturated rings. The van der Waals surface area contributed by atoms with Crippen LogP contribution in [0.2, 0.25) is 0 Å². The lowest BCUT2D eigenvalue weighted by Gasteiger charge is -2.38. The molecule has 0 radical (unpaired) electrons. The second kappa shape index (κ2) is 7.73. The van der Waals surface area contributed by atoms with Gasteiger partial charge in [-0.25, -0.2) is 4.98 Å². The molecule has 9 heteroatoms. The first-order chi connectivity index (χ1) is 12.8. The number of benzene rings is 1. The van der Waals surface area contributed by atoms with Crippen LogP contribution < -0.4 is 14.2 Å². The molecule has 1 aromatic heterocycles. The molecule has 0 spiro atoms. The second-order valence-electron chi connectivity index (χ2n) is 5.87. The standard InChI is InChI=1S/C18H17F3N2O4/c1-25-12-4-2-5-13(8-12)26-11-17(24)23-9-14(10-23)27-16-7-3-6-15(22-16)18(19,20)21/h2-8,14H,9-11H2,1H3. The maximum atomic E-state index is 12.6. The highest BCUT2D eigenvalue weighted by Gasteiger charge is 2.35. The molecule has 27 heavy (non-hydrogen) atoms. The van der Waals surface area contributed by atoms with Gasteiger partial charge in [-0.15, -0.1) is 0 Å². The summed E-state index contributed by atoms with van der Waals surface area (Å²) in [6.07, 6.45) is -4.93. The zero-order chi connectivity index (χ0) is 19.4. The summed E-state index contributed by atoms with van der Waals surface area (Å²) >= 11 is 0. The number of nitrogens with zero attached hydrogens (tertiary/aromatic N) is 2. The number of likely N-dealkylation sites (tertiary alicyclic amines) is 1. The van der Waals surface area contributed by atoms with E-state index < -0.39 is 18.0 Å². The normalized spacial score (nSPS) is 14.4. The maximum Gasteiger partial charge on any atom is 0.433 e. The number of carbonyl (C=O) groups is 1. The minimum atomic E-state index is -4.53. The molecule has 1 saturated heterocycles. The maximum absolute atomic E-state index is 12.6. The van der Waals surface area contributed by atoms with Crippen molar-refractivity contribution >= 4 is 5.91 Å². The molecule has 1 aliphatic heterocycles. The number of rotatable bonds is 6. The summed E-state index contributed by atoms with van der Waals surface area (Å²) in [6.45, 7) is 0.373. The van der Waals surface area contributed by atoms with Crippen LogP contribution in [-0.2, 0) is 11.0 Å². The van der Waals surface area contributed by atoms with Crippen molar-refractivity contribution in [3.05, 3.63) is 48.2 Å². The monoisotopic (exact) mass is 382 g/mol. The Morgan fingerprint density at radius 2 is 1.89 bits per heavy atom. The third kappa shape index (κ3) is 4.81. The molecule has 0 N–H and O–H groups in total. The summed E-state index contributed by atoms with van der Waals surface area (Å²) in [5, 5.41) is 0. The first-order valence-corrected chi connectivity index (χ1v) is 8.10. The van der Waals surface area contributed by atoms with Crippen molar-refractivity contribution in [2.75, 3.05) is 26.8 Å². The molecule has 2 aromatic rings. The highest BCUT2D eigenvalue weighted by atomic mass is 19.4. The van der Waals surface area contributed by atoms with Crippen LogP contribution in [-0.4, -0.2) is 48.7 Å². The Balaban J connectivity index is 1.46. The van der Waals surface area contributed by atoms with Gasteiger partial charge in [0.1, 0.15) is 23.3 Å². The molecule has 0 bridgehead atoms. The molecule has 2 heterocycles. The van der Waals surface area contributed by atoms with Crippen molar-refractivity contribution in [1.29, 1.82) is 0 Å². The van der Waals surface area contributed by atoms with E-state index in [1.165, 1.54) is 24.1 Å². The highest BCUT2D eigenvalue weighted by Crippen LogP contribution is 2.29. The minimum absolute atomic E-state index is 0.116. The highest BCUT2D eigenvalue weighted by molar-refractivity contribution is 5.78. The van der Waals surface area contributed by atoms with Crippen molar-refractivity contribution in [3.8, 4) is 17.4 Å². The van der Waals surface area contributed by atoms with E-state index in [-0.39, 0.29) is 31.5 Å². The molecular formula is C18H17F3N2O4. The fourth-order valence-corrected chi connectivity index (χ4v) is 2.45. The smallest absolute Gasteiger partial charge is 0.433 e. The predicted octanol–water partition coefficient (Wildman–Crippen LogP) is 2.78. The predicted molar refractivity (Wildman–Crippen MR) is 88.7 cm³/mol. The van der Waals surface area contributed by atoms with E-state index in [0.29, 0.717) is 11.5 Å². The molecule has 0 aliphatic carbocycles. The van der Waals surface area contributed by atoms with Gasteiger partial charge in [-0.1, -0.05) is 12.1 Å². The van der Waals surface area contributed by atoms with Gasteiger partial charge in [0, 0.05) is 12.1 Å². The van der Waals surface area contributed by atoms with Crippen molar-refractivity contribution in [2.24, 2.45) is 0 Å². The van der Waals surface area contributed by atoms with E-state index in [4.69, 9.17) is 14.2 Å². The van der Waals surface area contributed by atoms with Crippen molar-refractivity contribution in [2.45, 2.75) is 12.3 Å². The first kappa shape index (κ1) is 18.8. The average molecular weight is 382 g/mol. The van der Waals surface area contributed by atoms with Crippen molar-refractivity contribution < 1.29 is 32.2 Å². The molecule has 1 aliphatic rings. The summed E-state index contributed by atoms with van der Waals surface area (Å²) in [4.78, 5) is 17.0. The number of alkyl halides is 3. The van der Waals surface area contributed by atoms with Crippen LogP contribution in [0.5, 0.6) is 17.4 Å². The van der Waals surface area contributed by atoms with Crippen LogP contribution in [0.25, 0.3) is 0 Å². The molecule has 3 rings (SSSR count). The quantitative estimate of drug-likeness (QED) is 0.769. The fraction of sp³-hybridized carbons (Fsp3) is 0.333. The van der Waals surface area contributed by atoms with E-state index in [0.717, 1.165) is 6.07 Å². The lowest BCUT2D eigenvalue weighted by atomic mass is 10.1. The van der Waals surface area contributed by atoms with Crippen LogP contribution in [0, 0.1) is 0 Å². The lowest BCUT2D eigenvalue weighted by molar-refractivity contribution is -0.143. The average Bonchev–Trinajstić information content (AvgIpc) is 2.62. The summed E-state index contributed by atoms with van der Waals surface area (Å²) in [6, 6.07) is 10.3. The van der Waals surface area contributed by atoms with Gasteiger partial charge in [0.15, 0.2) is 6.61 Å². The number of hydrogen-bond acceptors (Lipinski definition) is 5. The SMILES string of the molecule is COc1cccc(OCC(=O)N2CC(Oc3cccc(C(F)(F)F)n3)C2)c1. The Kier molecular flexibility index (Phi) is 5.38. The van der Waals surface area contributed by atoms with Gasteiger partial charge in [-0.05, 0) is 18.2 Å². The van der Waals surface area contributed by atoms with Gasteiger partial charge in [0.05, 0.1) is 20.2 Å². The van der Waals surface area contributed by atoms with Crippen LogP contribution in [0.3, 0.4) is 0 Å². The Morgan fingerprint density at radius 1 is 1.19 bits per heavy atom. The van der Waals surface area contributed by atoms with Crippen molar-refractivity contribution in [1.82, 2.24) is 9.88 Å². The first-order valence-electron chi connectivity index (χ1n) is 8.10. The lowest BCUT2D eigenvalue weighted by Crippen LogP contribution is -2.57. The van der Waals surface area contributed by atoms with Gasteiger partial charge >= 0.3 is 6.18 Å². The molecular weight excluding hydrogens is 365 g/mol. The summed E-state index contributed by atoms with van der Waals surface area (Å²) in [5.74, 6) is 0.763. The number of methoxy groups -OCH3 is 1. The zero-order valence-corrected chi connectivity index (χ0v) is 14.4. The van der Waals surface area contributed by atoms with E-state index in [1.54, 1.807) is 24.3 Å². The zero-order valence-electron chi connectivity index (χ0n) is 14.4. The number of aromatic nitrogens is 1. The van der Waals surface area contributed by atoms with Crippen LogP contribution in [0.1, 0.15) is 5.69 Å². The van der Waals surface area contributed by atoms with E-state index in [1.807, 2.05) is 0 Å². The molecule has 0 atom stereocenters. The van der Waals surface area contributed by atoms with Gasteiger partial charge in [-0.3, -0.25) is 4.79 Å². The number of ether oxygens (including phenoxy) is 3. The van der Waals surface area contributed by atoms with E-state index in [2.05, 4.69) is 4.98 Å². The number of amides is 1. The van der Waals surface area contributed by atoms with Crippen LogP contribution in [0.15, 0.2) is 42.5 Å². The largest absolute Gasteiger partial charge is 0.497 e. The molecule has 0 unspecified atom stereocenters. The Bertz CT molecular complexity index is 807. The number of pyridine rings is 1. The van der Waals surface area contributed by atoms with Gasteiger partial charge < -0.3 is 19.1 Å². The number of carbonyl (C=O) groups excluding carboxylic acids is 1. The van der Waals surface area contributed by atoms with Crippen LogP contribution in [0.4, 0.5) is 13.2 Å². The number of hydrogen-bond donors (Lipinski definition) is 0. The third-order valence-corrected chi connectivity index (χ3v) is 3.91. The Hall–Kier alpha value is -2.97. The van der Waals surface area contributed by atoms with Crippen molar-refractivity contribution in [3.63, 3.8) is 0 Å². The van der Waals surface area contributed by atoms with Crippen LogP contribution >= 0.6 is 0 Å². The molecule has 144 valence electrons. The fourth-order valence-electron chi connectivity index (χ4n) is 2.45. The van der Waals surface area contributed by atoms with E-state index >= 15 is 0 Å². The molecule has 6 nitrogen and oxygen atoms in total. The topological polar surface area (TPSA) is 60.9 Å². The van der Waals surface area contributed by atoms with Gasteiger partial charge in [-0.2, -0.15) is 13.2 Å². The summed E-state index contributed by atoms with van der Waals surface area (Å²) in [7, 11) is 1.53. The second-order valence-corrected chi connectivity index (χ2v) is 5.87. The summed E-state index contributed by atoms with van der Waals surface area (Å²) < 4.78 is 53.8. The Morgan fingerprint density at radius 3 is 2.59 bits per heavy atom. The van der Waals surface area contributed by atoms with E-state index in [9.17, 15) is 18.0 Å². The molecule has 1 amide bonds. The molecule has 1 aromatic carbocycles. The Labute approximate surface area is 153 Å².